The van der Waals surface area contributed by atoms with Gasteiger partial charge in [-0.1, -0.05) is 63.9 Å². The first-order valence-corrected chi connectivity index (χ1v) is 13.5. The van der Waals surface area contributed by atoms with E-state index in [0.717, 1.165) is 18.4 Å². The number of amides is 3. The summed E-state index contributed by atoms with van der Waals surface area (Å²) < 4.78 is 0. The van der Waals surface area contributed by atoms with Crippen LogP contribution < -0.4 is 10.7 Å². The third-order valence-corrected chi connectivity index (χ3v) is 6.25. The van der Waals surface area contributed by atoms with Crippen LogP contribution in [0, 0.1) is 18.3 Å². The van der Waals surface area contributed by atoms with Crippen LogP contribution >= 0.6 is 0 Å². The smallest absolute Gasteiger partial charge is 0.253 e. The summed E-state index contributed by atoms with van der Waals surface area (Å²) in [4.78, 5) is 40.6. The number of hydrazine groups is 1. The van der Waals surface area contributed by atoms with Gasteiger partial charge in [-0.25, -0.2) is 5.01 Å². The molecule has 0 saturated heterocycles. The summed E-state index contributed by atoms with van der Waals surface area (Å²) in [7, 11) is 1.66. The molecule has 0 heterocycles. The molecule has 0 aliphatic carbocycles. The van der Waals surface area contributed by atoms with Gasteiger partial charge in [0.05, 0.1) is 12.1 Å². The van der Waals surface area contributed by atoms with Crippen LogP contribution in [0.4, 0.5) is 0 Å². The topological polar surface area (TPSA) is 102 Å². The number of carbonyl (C=O) groups excluding carboxylic acids is 3. The molecular weight excluding hydrogens is 492 g/mol. The van der Waals surface area contributed by atoms with Gasteiger partial charge in [0.2, 0.25) is 5.91 Å². The van der Waals surface area contributed by atoms with Crippen molar-refractivity contribution in [3.8, 4) is 12.3 Å². The van der Waals surface area contributed by atoms with E-state index in [1.807, 2.05) is 44.2 Å². The number of aliphatic hydroxyl groups is 1. The van der Waals surface area contributed by atoms with Crippen molar-refractivity contribution in [1.29, 1.82) is 0 Å². The fourth-order valence-electron chi connectivity index (χ4n) is 4.18. The van der Waals surface area contributed by atoms with Crippen molar-refractivity contribution >= 4 is 17.7 Å². The van der Waals surface area contributed by atoms with Crippen molar-refractivity contribution in [3.63, 3.8) is 0 Å². The first-order chi connectivity index (χ1) is 18.6. The van der Waals surface area contributed by atoms with E-state index in [9.17, 15) is 19.5 Å². The van der Waals surface area contributed by atoms with Crippen LogP contribution in [0.5, 0.6) is 0 Å². The Kier molecular flexibility index (Phi) is 12.7. The zero-order valence-corrected chi connectivity index (χ0v) is 23.7. The largest absolute Gasteiger partial charge is 0.390 e. The van der Waals surface area contributed by atoms with E-state index >= 15 is 0 Å². The van der Waals surface area contributed by atoms with E-state index in [-0.39, 0.29) is 29.8 Å². The molecule has 210 valence electrons. The number of likely N-dealkylation sites (N-methyl/N-ethyl adjacent to an activating group) is 1. The van der Waals surface area contributed by atoms with Crippen molar-refractivity contribution in [1.82, 2.24) is 20.7 Å². The Labute approximate surface area is 232 Å². The van der Waals surface area contributed by atoms with Crippen molar-refractivity contribution in [2.75, 3.05) is 26.7 Å². The van der Waals surface area contributed by atoms with Crippen molar-refractivity contribution < 1.29 is 19.5 Å². The van der Waals surface area contributed by atoms with Crippen LogP contribution in [0.1, 0.15) is 72.4 Å². The summed E-state index contributed by atoms with van der Waals surface area (Å²) >= 11 is 0. The standard InChI is InChI=1S/C31H42N4O4/c1-7-15-35(16-8-2)31(39)26-18-23(9-3)17-25(20-26)30(38)32-27(19-24-13-11-10-12-14-24)28(36)21-34(6)33-29(37)22(4)5/h3,10-14,17-18,20,22,27-28,36H,7-8,15-16,19,21H2,1-2,4-6H3,(H,32,38)(H,33,37). The Morgan fingerprint density at radius 3 is 2.18 bits per heavy atom. The molecule has 0 aliphatic rings. The fraction of sp³-hybridized carbons (Fsp3) is 0.452. The minimum Gasteiger partial charge on any atom is -0.390 e. The lowest BCUT2D eigenvalue weighted by atomic mass is 9.99. The molecule has 8 heteroatoms. The van der Waals surface area contributed by atoms with Crippen LogP contribution in [0.25, 0.3) is 0 Å². The predicted molar refractivity (Wildman–Crippen MR) is 154 cm³/mol. The Hall–Kier alpha value is -3.67. The van der Waals surface area contributed by atoms with Gasteiger partial charge in [0.15, 0.2) is 0 Å². The van der Waals surface area contributed by atoms with Gasteiger partial charge in [0.1, 0.15) is 0 Å². The molecule has 2 atom stereocenters. The van der Waals surface area contributed by atoms with Gasteiger partial charge in [0.25, 0.3) is 11.8 Å². The van der Waals surface area contributed by atoms with Crippen molar-refractivity contribution in [2.24, 2.45) is 5.92 Å². The maximum atomic E-state index is 13.5. The highest BCUT2D eigenvalue weighted by Crippen LogP contribution is 2.15. The molecule has 0 fully saturated rings. The molecule has 0 spiro atoms. The lowest BCUT2D eigenvalue weighted by Crippen LogP contribution is -2.52. The number of hydrogen-bond donors (Lipinski definition) is 3. The van der Waals surface area contributed by atoms with Crippen LogP contribution in [0.2, 0.25) is 0 Å². The van der Waals surface area contributed by atoms with E-state index < -0.39 is 18.1 Å². The van der Waals surface area contributed by atoms with Gasteiger partial charge in [-0.3, -0.25) is 19.8 Å². The first-order valence-electron chi connectivity index (χ1n) is 13.5. The number of benzene rings is 2. The second-order valence-corrected chi connectivity index (χ2v) is 10.1. The number of nitrogens with one attached hydrogen (secondary N) is 2. The number of rotatable bonds is 14. The highest BCUT2D eigenvalue weighted by Gasteiger charge is 2.25. The summed E-state index contributed by atoms with van der Waals surface area (Å²) in [5, 5.41) is 15.6. The summed E-state index contributed by atoms with van der Waals surface area (Å²) in [6, 6.07) is 13.6. The molecule has 2 unspecified atom stereocenters. The van der Waals surface area contributed by atoms with Gasteiger partial charge >= 0.3 is 0 Å². The number of terminal acetylenes is 1. The molecule has 0 aliphatic heterocycles. The van der Waals surface area contributed by atoms with Crippen molar-refractivity contribution in [3.05, 3.63) is 70.8 Å². The molecule has 3 amide bonds. The Morgan fingerprint density at radius 2 is 1.62 bits per heavy atom. The zero-order chi connectivity index (χ0) is 28.9. The highest BCUT2D eigenvalue weighted by molar-refractivity contribution is 6.00. The zero-order valence-electron chi connectivity index (χ0n) is 23.7. The van der Waals surface area contributed by atoms with E-state index in [1.165, 1.54) is 5.01 Å². The lowest BCUT2D eigenvalue weighted by Gasteiger charge is -2.29. The monoisotopic (exact) mass is 534 g/mol. The van der Waals surface area contributed by atoms with Crippen molar-refractivity contribution in [2.45, 2.75) is 59.1 Å². The van der Waals surface area contributed by atoms with Gasteiger partial charge in [-0.15, -0.1) is 6.42 Å². The summed E-state index contributed by atoms with van der Waals surface area (Å²) in [5.41, 5.74) is 4.69. The average molecular weight is 535 g/mol. The highest BCUT2D eigenvalue weighted by atomic mass is 16.3. The summed E-state index contributed by atoms with van der Waals surface area (Å²) in [6.07, 6.45) is 6.65. The van der Waals surface area contributed by atoms with Gasteiger partial charge in [-0.2, -0.15) is 0 Å². The summed E-state index contributed by atoms with van der Waals surface area (Å²) in [6.45, 7) is 8.90. The SMILES string of the molecule is C#Cc1cc(C(=O)NC(Cc2ccccc2)C(O)CN(C)NC(=O)C(C)C)cc(C(=O)N(CCC)CCC)c1. The first kappa shape index (κ1) is 31.5. The fourth-order valence-corrected chi connectivity index (χ4v) is 4.18. The van der Waals surface area contributed by atoms with E-state index in [2.05, 4.69) is 16.7 Å². The number of hydrogen-bond acceptors (Lipinski definition) is 5. The molecule has 0 aromatic heterocycles. The molecule has 2 aromatic rings. The molecular formula is C31H42N4O4. The molecule has 8 nitrogen and oxygen atoms in total. The second kappa shape index (κ2) is 15.7. The van der Waals surface area contributed by atoms with Gasteiger partial charge in [0, 0.05) is 49.3 Å². The summed E-state index contributed by atoms with van der Waals surface area (Å²) in [5.74, 6) is 1.54. The van der Waals surface area contributed by atoms with Gasteiger partial charge < -0.3 is 15.3 Å². The predicted octanol–water partition coefficient (Wildman–Crippen LogP) is 3.25. The second-order valence-electron chi connectivity index (χ2n) is 10.1. The quantitative estimate of drug-likeness (QED) is 0.255. The third-order valence-electron chi connectivity index (χ3n) is 6.25. The Morgan fingerprint density at radius 1 is 1.00 bits per heavy atom. The van der Waals surface area contributed by atoms with Crippen LogP contribution in [0.3, 0.4) is 0 Å². The van der Waals surface area contributed by atoms with E-state index in [1.54, 1.807) is 44.0 Å². The third kappa shape index (κ3) is 9.86. The Balaban J connectivity index is 2.31. The number of aliphatic hydroxyl groups excluding tert-OH is 1. The molecule has 0 saturated carbocycles. The minimum atomic E-state index is -1.01. The normalized spacial score (nSPS) is 12.5. The Bertz CT molecular complexity index is 1140. The van der Waals surface area contributed by atoms with Crippen LogP contribution in [0.15, 0.2) is 48.5 Å². The molecule has 2 aromatic carbocycles. The molecule has 2 rings (SSSR count). The molecule has 39 heavy (non-hydrogen) atoms. The average Bonchev–Trinajstić information content (AvgIpc) is 2.92. The maximum Gasteiger partial charge on any atom is 0.253 e. The van der Waals surface area contributed by atoms with Crippen LogP contribution in [-0.4, -0.2) is 71.6 Å². The van der Waals surface area contributed by atoms with E-state index in [4.69, 9.17) is 6.42 Å². The molecule has 3 N–H and O–H groups in total. The molecule has 0 bridgehead atoms. The van der Waals surface area contributed by atoms with Gasteiger partial charge in [-0.05, 0) is 43.0 Å². The minimum absolute atomic E-state index is 0.0906. The van der Waals surface area contributed by atoms with Crippen LogP contribution in [-0.2, 0) is 11.2 Å². The lowest BCUT2D eigenvalue weighted by molar-refractivity contribution is -0.129. The number of nitrogens with zero attached hydrogens (tertiary/aromatic N) is 2. The van der Waals surface area contributed by atoms with E-state index in [0.29, 0.717) is 30.6 Å². The number of carbonyl (C=O) groups is 3. The molecule has 0 radical (unpaired) electrons. The maximum absolute atomic E-state index is 13.5.